The van der Waals surface area contributed by atoms with Gasteiger partial charge in [-0.3, -0.25) is 10.1 Å². The van der Waals surface area contributed by atoms with Crippen molar-refractivity contribution < 1.29 is 9.31 Å². The van der Waals surface area contributed by atoms with Crippen LogP contribution < -0.4 is 5.32 Å². The number of rotatable bonds is 5. The van der Waals surface area contributed by atoms with Crippen LogP contribution in [0.2, 0.25) is 0 Å². The average molecular weight is 290 g/mol. The maximum Gasteiger partial charge on any atom is 0.337 e. The second kappa shape index (κ2) is 6.25. The Kier molecular flexibility index (Phi) is 4.42. The first-order chi connectivity index (χ1) is 10.0. The molecular formula is C14H15FN4O2. The van der Waals surface area contributed by atoms with Gasteiger partial charge >= 0.3 is 5.69 Å². The van der Waals surface area contributed by atoms with E-state index in [4.69, 9.17) is 0 Å². The topological polar surface area (TPSA) is 81.0 Å². The molecule has 0 radical (unpaired) electrons. The summed E-state index contributed by atoms with van der Waals surface area (Å²) in [6.45, 7) is 4.21. The summed E-state index contributed by atoms with van der Waals surface area (Å²) in [7, 11) is 0. The second-order valence-electron chi connectivity index (χ2n) is 4.62. The van der Waals surface area contributed by atoms with E-state index < -0.39 is 10.7 Å². The fourth-order valence-corrected chi connectivity index (χ4v) is 2.01. The number of hydrogen-bond acceptors (Lipinski definition) is 5. The van der Waals surface area contributed by atoms with E-state index in [9.17, 15) is 14.5 Å². The predicted molar refractivity (Wildman–Crippen MR) is 77.6 cm³/mol. The lowest BCUT2D eigenvalue weighted by Gasteiger charge is -2.08. The standard InChI is InChI=1S/C14H15FN4O2/c1-3-4-16-14-13(19(20)21)12(17-8-18-14)10-5-9(2)6-11(15)7-10/h5-8H,3-4H2,1-2H3,(H,16,17,18). The zero-order valence-corrected chi connectivity index (χ0v) is 11.8. The summed E-state index contributed by atoms with van der Waals surface area (Å²) in [5.74, 6) is -0.310. The number of hydrogen-bond donors (Lipinski definition) is 1. The number of aryl methyl sites for hydroxylation is 1. The first kappa shape index (κ1) is 14.8. The van der Waals surface area contributed by atoms with Crippen molar-refractivity contribution in [3.8, 4) is 11.3 Å². The second-order valence-corrected chi connectivity index (χ2v) is 4.62. The third-order valence-electron chi connectivity index (χ3n) is 2.86. The normalized spacial score (nSPS) is 10.4. The van der Waals surface area contributed by atoms with Gasteiger partial charge in [-0.05, 0) is 37.1 Å². The highest BCUT2D eigenvalue weighted by Gasteiger charge is 2.24. The SMILES string of the molecule is CCCNc1ncnc(-c2cc(C)cc(F)c2)c1[N+](=O)[O-]. The molecule has 2 rings (SSSR count). The van der Waals surface area contributed by atoms with Gasteiger partial charge in [-0.2, -0.15) is 0 Å². The van der Waals surface area contributed by atoms with E-state index in [-0.39, 0.29) is 17.2 Å². The van der Waals surface area contributed by atoms with Crippen LogP contribution >= 0.6 is 0 Å². The molecule has 0 unspecified atom stereocenters. The zero-order valence-electron chi connectivity index (χ0n) is 11.8. The van der Waals surface area contributed by atoms with Crippen molar-refractivity contribution in [2.45, 2.75) is 20.3 Å². The first-order valence-electron chi connectivity index (χ1n) is 6.53. The number of benzene rings is 1. The molecule has 0 aliphatic carbocycles. The number of nitrogens with one attached hydrogen (secondary N) is 1. The van der Waals surface area contributed by atoms with Crippen LogP contribution in [0.4, 0.5) is 15.9 Å². The van der Waals surface area contributed by atoms with Gasteiger partial charge < -0.3 is 5.32 Å². The van der Waals surface area contributed by atoms with Crippen molar-refractivity contribution in [2.75, 3.05) is 11.9 Å². The summed E-state index contributed by atoms with van der Waals surface area (Å²) in [6.07, 6.45) is 2.04. The van der Waals surface area contributed by atoms with Gasteiger partial charge in [0, 0.05) is 12.1 Å². The molecule has 1 N–H and O–H groups in total. The molecule has 1 aromatic heterocycles. The molecule has 0 saturated heterocycles. The van der Waals surface area contributed by atoms with Gasteiger partial charge in [-0.1, -0.05) is 6.92 Å². The smallest absolute Gasteiger partial charge is 0.337 e. The molecule has 0 amide bonds. The molecule has 21 heavy (non-hydrogen) atoms. The minimum absolute atomic E-state index is 0.108. The highest BCUT2D eigenvalue weighted by atomic mass is 19.1. The third-order valence-corrected chi connectivity index (χ3v) is 2.86. The average Bonchev–Trinajstić information content (AvgIpc) is 2.43. The molecule has 0 spiro atoms. The summed E-state index contributed by atoms with van der Waals surface area (Å²) in [5.41, 5.74) is 0.897. The number of anilines is 1. The zero-order chi connectivity index (χ0) is 15.4. The Morgan fingerprint density at radius 2 is 2.10 bits per heavy atom. The summed E-state index contributed by atoms with van der Waals surface area (Å²) < 4.78 is 13.5. The molecule has 0 fully saturated rings. The maximum absolute atomic E-state index is 13.5. The predicted octanol–water partition coefficient (Wildman–Crippen LogP) is 3.32. The van der Waals surface area contributed by atoms with Gasteiger partial charge in [-0.15, -0.1) is 0 Å². The van der Waals surface area contributed by atoms with E-state index in [1.165, 1.54) is 18.5 Å². The fraction of sp³-hybridized carbons (Fsp3) is 0.286. The molecule has 0 bridgehead atoms. The molecule has 6 nitrogen and oxygen atoms in total. The fourth-order valence-electron chi connectivity index (χ4n) is 2.01. The van der Waals surface area contributed by atoms with Crippen LogP contribution in [0.5, 0.6) is 0 Å². The van der Waals surface area contributed by atoms with Crippen LogP contribution in [0, 0.1) is 22.9 Å². The Bertz CT molecular complexity index is 656. The van der Waals surface area contributed by atoms with Crippen molar-refractivity contribution in [3.63, 3.8) is 0 Å². The quantitative estimate of drug-likeness (QED) is 0.674. The Labute approximate surface area is 121 Å². The lowest BCUT2D eigenvalue weighted by atomic mass is 10.1. The maximum atomic E-state index is 13.5. The highest BCUT2D eigenvalue weighted by molar-refractivity contribution is 5.76. The third kappa shape index (κ3) is 3.31. The Balaban J connectivity index is 2.59. The summed E-state index contributed by atoms with van der Waals surface area (Å²) in [5, 5.41) is 14.2. The lowest BCUT2D eigenvalue weighted by Crippen LogP contribution is -2.07. The van der Waals surface area contributed by atoms with E-state index in [0.29, 0.717) is 17.7 Å². The van der Waals surface area contributed by atoms with Crippen molar-refractivity contribution in [3.05, 3.63) is 46.0 Å². The van der Waals surface area contributed by atoms with Crippen molar-refractivity contribution in [1.82, 2.24) is 9.97 Å². The van der Waals surface area contributed by atoms with Crippen LogP contribution in [0.3, 0.4) is 0 Å². The van der Waals surface area contributed by atoms with Gasteiger partial charge in [0.05, 0.1) is 4.92 Å². The summed E-state index contributed by atoms with van der Waals surface area (Å²) in [4.78, 5) is 18.7. The lowest BCUT2D eigenvalue weighted by molar-refractivity contribution is -0.383. The van der Waals surface area contributed by atoms with Crippen molar-refractivity contribution in [2.24, 2.45) is 0 Å². The molecular weight excluding hydrogens is 275 g/mol. The molecule has 1 heterocycles. The number of halogens is 1. The Morgan fingerprint density at radius 3 is 2.71 bits per heavy atom. The minimum atomic E-state index is -0.548. The largest absolute Gasteiger partial charge is 0.364 e. The van der Waals surface area contributed by atoms with Gasteiger partial charge in [0.2, 0.25) is 5.82 Å². The Hall–Kier alpha value is -2.57. The first-order valence-corrected chi connectivity index (χ1v) is 6.53. The molecule has 2 aromatic rings. The minimum Gasteiger partial charge on any atom is -0.364 e. The molecule has 1 aromatic carbocycles. The molecule has 0 saturated carbocycles. The van der Waals surface area contributed by atoms with E-state index >= 15 is 0 Å². The van der Waals surface area contributed by atoms with Gasteiger partial charge in [-0.25, -0.2) is 14.4 Å². The van der Waals surface area contributed by atoms with Crippen molar-refractivity contribution in [1.29, 1.82) is 0 Å². The monoisotopic (exact) mass is 290 g/mol. The van der Waals surface area contributed by atoms with Gasteiger partial charge in [0.25, 0.3) is 0 Å². The number of aromatic nitrogens is 2. The molecule has 0 aliphatic heterocycles. The Morgan fingerprint density at radius 1 is 1.33 bits per heavy atom. The van der Waals surface area contributed by atoms with Crippen LogP contribution in [0.1, 0.15) is 18.9 Å². The van der Waals surface area contributed by atoms with Crippen molar-refractivity contribution >= 4 is 11.5 Å². The van der Waals surface area contributed by atoms with E-state index in [0.717, 1.165) is 6.42 Å². The summed E-state index contributed by atoms with van der Waals surface area (Å²) >= 11 is 0. The highest BCUT2D eigenvalue weighted by Crippen LogP contribution is 2.33. The molecule has 110 valence electrons. The van der Waals surface area contributed by atoms with Crippen LogP contribution in [-0.2, 0) is 0 Å². The molecule has 7 heteroatoms. The van der Waals surface area contributed by atoms with E-state index in [2.05, 4.69) is 15.3 Å². The van der Waals surface area contributed by atoms with E-state index in [1.807, 2.05) is 6.92 Å². The van der Waals surface area contributed by atoms with Crippen LogP contribution in [0.25, 0.3) is 11.3 Å². The summed E-state index contributed by atoms with van der Waals surface area (Å²) in [6, 6.07) is 4.24. The number of nitro groups is 1. The van der Waals surface area contributed by atoms with E-state index in [1.54, 1.807) is 13.0 Å². The van der Waals surface area contributed by atoms with Crippen LogP contribution in [-0.4, -0.2) is 21.4 Å². The van der Waals surface area contributed by atoms with Gasteiger partial charge in [0.1, 0.15) is 12.1 Å². The van der Waals surface area contributed by atoms with Crippen LogP contribution in [0.15, 0.2) is 24.5 Å². The molecule has 0 atom stereocenters. The van der Waals surface area contributed by atoms with Gasteiger partial charge in [0.15, 0.2) is 5.69 Å². The number of nitrogens with zero attached hydrogens (tertiary/aromatic N) is 3. The molecule has 0 aliphatic rings.